The molecule has 1 aliphatic heterocycles. The fourth-order valence-corrected chi connectivity index (χ4v) is 4.22. The average Bonchev–Trinajstić information content (AvgIpc) is 3.24. The largest absolute Gasteiger partial charge is 0.284 e. The van der Waals surface area contributed by atoms with E-state index in [0.717, 1.165) is 0 Å². The lowest BCUT2D eigenvalue weighted by Gasteiger charge is -2.22. The van der Waals surface area contributed by atoms with Crippen LogP contribution in [0, 0.1) is 5.82 Å². The number of nitrogens with one attached hydrogen (secondary N) is 1. The number of benzene rings is 3. The van der Waals surface area contributed by atoms with Gasteiger partial charge >= 0.3 is 0 Å². The summed E-state index contributed by atoms with van der Waals surface area (Å²) in [6.45, 7) is 1.55. The molecule has 1 amide bonds. The number of carbonyl (C=O) groups excluding carboxylic acids is 1. The summed E-state index contributed by atoms with van der Waals surface area (Å²) in [5.74, 6) is -0.798. The van der Waals surface area contributed by atoms with Gasteiger partial charge in [-0.2, -0.15) is 5.10 Å². The van der Waals surface area contributed by atoms with Crippen LogP contribution in [0.1, 0.15) is 40.9 Å². The lowest BCUT2D eigenvalue weighted by Crippen LogP contribution is -2.27. The van der Waals surface area contributed by atoms with E-state index >= 15 is 0 Å². The minimum Gasteiger partial charge on any atom is -0.284 e. The first kappa shape index (κ1) is 21.7. The maximum Gasteiger partial charge on any atom is 0.274 e. The SMILES string of the molecule is CCS(=O)(=O)Nc1cccc(C2=NN(C(=O)c3ccccc3)[C@H](c3ccccc3F)C2)c1. The zero-order valence-corrected chi connectivity index (χ0v) is 18.2. The van der Waals surface area contributed by atoms with Gasteiger partial charge in [-0.05, 0) is 42.8 Å². The van der Waals surface area contributed by atoms with Crippen molar-refractivity contribution in [3.05, 3.63) is 101 Å². The first-order chi connectivity index (χ1) is 15.4. The smallest absolute Gasteiger partial charge is 0.274 e. The Morgan fingerprint density at radius 2 is 1.78 bits per heavy atom. The molecule has 3 aromatic carbocycles. The highest BCUT2D eigenvalue weighted by molar-refractivity contribution is 7.92. The van der Waals surface area contributed by atoms with Gasteiger partial charge < -0.3 is 0 Å². The van der Waals surface area contributed by atoms with Crippen LogP contribution in [0.3, 0.4) is 0 Å². The zero-order chi connectivity index (χ0) is 22.7. The van der Waals surface area contributed by atoms with Crippen LogP contribution >= 0.6 is 0 Å². The molecule has 8 heteroatoms. The van der Waals surface area contributed by atoms with Crippen molar-refractivity contribution in [2.24, 2.45) is 5.10 Å². The summed E-state index contributed by atoms with van der Waals surface area (Å²) < 4.78 is 41.0. The minimum atomic E-state index is -3.44. The number of amides is 1. The normalized spacial score (nSPS) is 16.0. The Bertz CT molecular complexity index is 1280. The van der Waals surface area contributed by atoms with E-state index in [2.05, 4.69) is 9.82 Å². The summed E-state index contributed by atoms with van der Waals surface area (Å²) in [5.41, 5.74) is 2.45. The number of halogens is 1. The van der Waals surface area contributed by atoms with Crippen LogP contribution in [-0.2, 0) is 10.0 Å². The van der Waals surface area contributed by atoms with Crippen LogP contribution < -0.4 is 4.72 Å². The number of rotatable bonds is 6. The molecule has 164 valence electrons. The number of hydrogen-bond acceptors (Lipinski definition) is 4. The topological polar surface area (TPSA) is 78.8 Å². The summed E-state index contributed by atoms with van der Waals surface area (Å²) in [7, 11) is -3.44. The molecule has 1 heterocycles. The summed E-state index contributed by atoms with van der Waals surface area (Å²) >= 11 is 0. The number of anilines is 1. The van der Waals surface area contributed by atoms with E-state index in [1.54, 1.807) is 73.7 Å². The molecule has 0 spiro atoms. The molecule has 0 aromatic heterocycles. The Hall–Kier alpha value is -3.52. The summed E-state index contributed by atoms with van der Waals surface area (Å²) in [5, 5.41) is 5.86. The predicted octanol–water partition coefficient (Wildman–Crippen LogP) is 4.58. The molecule has 1 atom stereocenters. The third-order valence-electron chi connectivity index (χ3n) is 5.25. The van der Waals surface area contributed by atoms with Crippen molar-refractivity contribution < 1.29 is 17.6 Å². The van der Waals surface area contributed by atoms with Gasteiger partial charge in [0.2, 0.25) is 10.0 Å². The van der Waals surface area contributed by atoms with Crippen molar-refractivity contribution in [1.29, 1.82) is 0 Å². The highest BCUT2D eigenvalue weighted by atomic mass is 32.2. The Morgan fingerprint density at radius 1 is 1.06 bits per heavy atom. The molecule has 3 aromatic rings. The van der Waals surface area contributed by atoms with Gasteiger partial charge in [-0.25, -0.2) is 17.8 Å². The highest BCUT2D eigenvalue weighted by Gasteiger charge is 2.35. The van der Waals surface area contributed by atoms with Crippen LogP contribution in [0.15, 0.2) is 84.0 Å². The van der Waals surface area contributed by atoms with Crippen LogP contribution in [0.25, 0.3) is 0 Å². The highest BCUT2D eigenvalue weighted by Crippen LogP contribution is 2.35. The van der Waals surface area contributed by atoms with Gasteiger partial charge in [-0.3, -0.25) is 9.52 Å². The Labute approximate surface area is 186 Å². The molecule has 0 saturated carbocycles. The van der Waals surface area contributed by atoms with Crippen molar-refractivity contribution in [1.82, 2.24) is 5.01 Å². The van der Waals surface area contributed by atoms with Crippen molar-refractivity contribution in [2.75, 3.05) is 10.5 Å². The average molecular weight is 452 g/mol. The van der Waals surface area contributed by atoms with E-state index in [9.17, 15) is 17.6 Å². The third-order valence-corrected chi connectivity index (χ3v) is 6.56. The molecular weight excluding hydrogens is 429 g/mol. The van der Waals surface area contributed by atoms with Gasteiger partial charge in [0, 0.05) is 23.2 Å². The molecule has 0 saturated heterocycles. The molecule has 0 aliphatic carbocycles. The molecular formula is C24H22FN3O3S. The Morgan fingerprint density at radius 3 is 2.50 bits per heavy atom. The Balaban J connectivity index is 1.72. The molecule has 0 unspecified atom stereocenters. The Kier molecular flexibility index (Phi) is 6.05. The summed E-state index contributed by atoms with van der Waals surface area (Å²) in [6, 6.07) is 21.2. The van der Waals surface area contributed by atoms with E-state index in [-0.39, 0.29) is 11.7 Å². The maximum absolute atomic E-state index is 14.6. The molecule has 0 bridgehead atoms. The quantitative estimate of drug-likeness (QED) is 0.596. The molecule has 1 aliphatic rings. The number of carbonyl (C=O) groups is 1. The predicted molar refractivity (Wildman–Crippen MR) is 122 cm³/mol. The molecule has 0 fully saturated rings. The van der Waals surface area contributed by atoms with Gasteiger partial charge in [-0.15, -0.1) is 0 Å². The van der Waals surface area contributed by atoms with E-state index in [0.29, 0.717) is 34.5 Å². The fraction of sp³-hybridized carbons (Fsp3) is 0.167. The van der Waals surface area contributed by atoms with Crippen LogP contribution in [0.2, 0.25) is 0 Å². The zero-order valence-electron chi connectivity index (χ0n) is 17.4. The molecule has 0 radical (unpaired) electrons. The van der Waals surface area contributed by atoms with Crippen LogP contribution in [-0.4, -0.2) is 30.8 Å². The standard InChI is InChI=1S/C24H22FN3O3S/c1-2-32(30,31)27-19-12-8-11-18(15-19)22-16-23(20-13-6-7-14-21(20)25)28(26-22)24(29)17-9-4-3-5-10-17/h3-15,23,27H,2,16H2,1H3/t23-/m0/s1. The first-order valence-electron chi connectivity index (χ1n) is 10.2. The van der Waals surface area contributed by atoms with Crippen molar-refractivity contribution in [3.8, 4) is 0 Å². The molecule has 6 nitrogen and oxygen atoms in total. The van der Waals surface area contributed by atoms with Gasteiger partial charge in [0.05, 0.1) is 17.5 Å². The van der Waals surface area contributed by atoms with Crippen molar-refractivity contribution in [3.63, 3.8) is 0 Å². The summed E-state index contributed by atoms with van der Waals surface area (Å²) in [6.07, 6.45) is 0.295. The van der Waals surface area contributed by atoms with E-state index in [1.165, 1.54) is 11.1 Å². The monoisotopic (exact) mass is 451 g/mol. The third kappa shape index (κ3) is 4.55. The molecule has 1 N–H and O–H groups in total. The van der Waals surface area contributed by atoms with Crippen molar-refractivity contribution >= 4 is 27.3 Å². The van der Waals surface area contributed by atoms with Gasteiger partial charge in [0.25, 0.3) is 5.91 Å². The van der Waals surface area contributed by atoms with Gasteiger partial charge in [0.15, 0.2) is 0 Å². The molecule has 4 rings (SSSR count). The second-order valence-corrected chi connectivity index (χ2v) is 9.40. The number of sulfonamides is 1. The van der Waals surface area contributed by atoms with E-state index in [1.807, 2.05) is 6.07 Å². The first-order valence-corrected chi connectivity index (χ1v) is 11.8. The summed E-state index contributed by atoms with van der Waals surface area (Å²) in [4.78, 5) is 13.2. The minimum absolute atomic E-state index is 0.0487. The van der Waals surface area contributed by atoms with E-state index in [4.69, 9.17) is 0 Å². The number of hydrogen-bond donors (Lipinski definition) is 1. The maximum atomic E-state index is 14.6. The van der Waals surface area contributed by atoms with E-state index < -0.39 is 21.9 Å². The lowest BCUT2D eigenvalue weighted by molar-refractivity contribution is 0.0708. The van der Waals surface area contributed by atoms with Gasteiger partial charge in [-0.1, -0.05) is 48.5 Å². The van der Waals surface area contributed by atoms with Crippen molar-refractivity contribution in [2.45, 2.75) is 19.4 Å². The lowest BCUT2D eigenvalue weighted by atomic mass is 9.97. The van der Waals surface area contributed by atoms with Crippen LogP contribution in [0.4, 0.5) is 10.1 Å². The fourth-order valence-electron chi connectivity index (χ4n) is 3.59. The second kappa shape index (κ2) is 8.92. The van der Waals surface area contributed by atoms with Crippen LogP contribution in [0.5, 0.6) is 0 Å². The van der Waals surface area contributed by atoms with Gasteiger partial charge in [0.1, 0.15) is 5.82 Å². The number of hydrazone groups is 1. The molecule has 32 heavy (non-hydrogen) atoms. The number of nitrogens with zero attached hydrogens (tertiary/aromatic N) is 2. The second-order valence-electron chi connectivity index (χ2n) is 7.39.